The maximum Gasteiger partial charge on any atom is 0.410 e. The third-order valence-electron chi connectivity index (χ3n) is 5.77. The normalized spacial score (nSPS) is 21.6. The van der Waals surface area contributed by atoms with E-state index in [0.717, 1.165) is 0 Å². The first-order chi connectivity index (χ1) is 15.9. The van der Waals surface area contributed by atoms with Crippen molar-refractivity contribution in [2.75, 3.05) is 38.2 Å². The molecule has 0 aromatic carbocycles. The summed E-state index contributed by atoms with van der Waals surface area (Å²) in [6.45, 7) is 2.02. The molecule has 1 aromatic rings. The molecule has 2 saturated heterocycles. The van der Waals surface area contributed by atoms with E-state index in [2.05, 4.69) is 15.0 Å². The zero-order valence-corrected chi connectivity index (χ0v) is 18.2. The van der Waals surface area contributed by atoms with Crippen LogP contribution in [-0.2, 0) is 4.74 Å². The van der Waals surface area contributed by atoms with Crippen LogP contribution in [0.15, 0.2) is 64.0 Å². The number of aliphatic imine (C=N–C) groups is 1. The summed E-state index contributed by atoms with van der Waals surface area (Å²) in [6, 6.07) is 1.66. The van der Waals surface area contributed by atoms with E-state index in [1.54, 1.807) is 18.0 Å². The molecule has 5 N–H and O–H groups in total. The van der Waals surface area contributed by atoms with Gasteiger partial charge in [0.05, 0.1) is 17.4 Å². The van der Waals surface area contributed by atoms with Gasteiger partial charge in [-0.25, -0.2) is 19.2 Å². The molecule has 2 fully saturated rings. The highest BCUT2D eigenvalue weighted by molar-refractivity contribution is 6.13. The van der Waals surface area contributed by atoms with Crippen LogP contribution in [-0.4, -0.2) is 72.2 Å². The molecule has 1 aromatic heterocycles. The third kappa shape index (κ3) is 4.34. The number of nitrogens with one attached hydrogen (secondary N) is 1. The molecule has 1 aliphatic carbocycles. The van der Waals surface area contributed by atoms with Gasteiger partial charge in [-0.3, -0.25) is 15.3 Å². The lowest BCUT2D eigenvalue weighted by Crippen LogP contribution is -2.52. The average Bonchev–Trinajstić information content (AvgIpc) is 3.14. The van der Waals surface area contributed by atoms with Crippen molar-refractivity contribution in [1.82, 2.24) is 14.9 Å². The fourth-order valence-electron chi connectivity index (χ4n) is 4.01. The number of piperazine rings is 1. The van der Waals surface area contributed by atoms with Crippen molar-refractivity contribution in [3.8, 4) is 0 Å². The quantitative estimate of drug-likeness (QED) is 0.573. The second-order valence-electron chi connectivity index (χ2n) is 7.76. The van der Waals surface area contributed by atoms with Gasteiger partial charge in [0.1, 0.15) is 24.6 Å². The van der Waals surface area contributed by atoms with Gasteiger partial charge in [0.2, 0.25) is 0 Å². The number of aromatic nitrogens is 2. The van der Waals surface area contributed by atoms with Gasteiger partial charge in [0.15, 0.2) is 0 Å². The van der Waals surface area contributed by atoms with Gasteiger partial charge >= 0.3 is 6.09 Å². The van der Waals surface area contributed by atoms with Crippen LogP contribution in [0, 0.1) is 5.41 Å². The number of cyclic esters (lactones) is 1. The number of amides is 1. The summed E-state index contributed by atoms with van der Waals surface area (Å²) < 4.78 is 19.9. The Kier molecular flexibility index (Phi) is 6.20. The van der Waals surface area contributed by atoms with E-state index < -0.39 is 5.83 Å². The molecule has 3 heterocycles. The Morgan fingerprint density at radius 3 is 2.97 bits per heavy atom. The van der Waals surface area contributed by atoms with E-state index in [-0.39, 0.29) is 35.5 Å². The monoisotopic (exact) mass is 452 g/mol. The smallest absolute Gasteiger partial charge is 0.410 e. The van der Waals surface area contributed by atoms with E-state index in [1.165, 1.54) is 30.9 Å². The number of rotatable bonds is 5. The summed E-state index contributed by atoms with van der Waals surface area (Å²) in [5.74, 6) is 0.204. The number of hydrogen-bond acceptors (Lipinski definition) is 9. The summed E-state index contributed by atoms with van der Waals surface area (Å²) in [4.78, 5) is 28.0. The summed E-state index contributed by atoms with van der Waals surface area (Å²) in [7, 11) is 1.56. The standard InChI is InChI=1S/C22H25FN8O2/c1-27-9-13(8-24)15-6-16(18(25)3-2-17(15)23)21(26)19-7-20(29-12-28-19)30-4-5-31-14(10-30)11-33-22(31)32/h3,6-9,12,14,26H,2,4-5,10-11,24-25H2,1H3. The molecule has 11 heteroatoms. The van der Waals surface area contributed by atoms with Crippen LogP contribution in [0.3, 0.4) is 0 Å². The highest BCUT2D eigenvalue weighted by Crippen LogP contribution is 2.28. The Bertz CT molecular complexity index is 1140. The lowest BCUT2D eigenvalue weighted by atomic mass is 9.99. The molecule has 2 aliphatic heterocycles. The Morgan fingerprint density at radius 2 is 2.21 bits per heavy atom. The van der Waals surface area contributed by atoms with Gasteiger partial charge in [-0.1, -0.05) is 6.08 Å². The predicted molar refractivity (Wildman–Crippen MR) is 123 cm³/mol. The first-order valence-electron chi connectivity index (χ1n) is 10.4. The number of allylic oxidation sites excluding steroid dienone is 6. The van der Waals surface area contributed by atoms with Crippen LogP contribution in [0.4, 0.5) is 15.0 Å². The molecule has 0 saturated carbocycles. The number of carbonyl (C=O) groups excluding carboxylic acids is 1. The van der Waals surface area contributed by atoms with Crippen molar-refractivity contribution >= 4 is 23.8 Å². The average molecular weight is 452 g/mol. The van der Waals surface area contributed by atoms with Crippen molar-refractivity contribution in [2.45, 2.75) is 12.5 Å². The highest BCUT2D eigenvalue weighted by Gasteiger charge is 2.37. The minimum atomic E-state index is -0.424. The number of nitrogens with zero attached hydrogens (tertiary/aromatic N) is 5. The predicted octanol–water partition coefficient (Wildman–Crippen LogP) is 1.42. The van der Waals surface area contributed by atoms with Crippen molar-refractivity contribution in [3.05, 3.63) is 64.7 Å². The molecule has 0 bridgehead atoms. The lowest BCUT2D eigenvalue weighted by molar-refractivity contribution is 0.157. The molecule has 3 aliphatic rings. The molecular formula is C22H25FN8O2. The third-order valence-corrected chi connectivity index (χ3v) is 5.77. The fourth-order valence-corrected chi connectivity index (χ4v) is 4.01. The number of ether oxygens (including phenoxy) is 1. The van der Waals surface area contributed by atoms with Crippen LogP contribution in [0.25, 0.3) is 0 Å². The molecule has 0 radical (unpaired) electrons. The maximum atomic E-state index is 14.8. The van der Waals surface area contributed by atoms with Gasteiger partial charge in [0.25, 0.3) is 0 Å². The van der Waals surface area contributed by atoms with E-state index in [9.17, 15) is 9.18 Å². The molecule has 1 amide bonds. The second-order valence-corrected chi connectivity index (χ2v) is 7.76. The van der Waals surface area contributed by atoms with Crippen molar-refractivity contribution in [3.63, 3.8) is 0 Å². The summed E-state index contributed by atoms with van der Waals surface area (Å²) in [5.41, 5.74) is 13.4. The Hall–Kier alpha value is -4.02. The van der Waals surface area contributed by atoms with Gasteiger partial charge < -0.3 is 21.1 Å². The Balaban J connectivity index is 1.63. The molecule has 10 nitrogen and oxygen atoms in total. The van der Waals surface area contributed by atoms with Gasteiger partial charge in [-0.05, 0) is 6.08 Å². The molecule has 1 unspecified atom stereocenters. The summed E-state index contributed by atoms with van der Waals surface area (Å²) in [6.07, 6.45) is 6.81. The van der Waals surface area contributed by atoms with Gasteiger partial charge in [-0.15, -0.1) is 0 Å². The number of fused-ring (bicyclic) bond motifs is 1. The van der Waals surface area contributed by atoms with Gasteiger partial charge in [-0.2, -0.15) is 0 Å². The zero-order valence-electron chi connectivity index (χ0n) is 18.2. The van der Waals surface area contributed by atoms with E-state index in [1.807, 2.05) is 4.90 Å². The molecule has 0 spiro atoms. The van der Waals surface area contributed by atoms with Crippen molar-refractivity contribution in [2.24, 2.45) is 16.5 Å². The topological polar surface area (TPSA) is 147 Å². The van der Waals surface area contributed by atoms with Crippen LogP contribution < -0.4 is 16.4 Å². The SMILES string of the molecule is CN=CC(=CN)C1=C(F)CC=C(N)C(C(=N)c2cc(N3CCN4C(=O)OCC4C3)ncn2)=C1. The zero-order chi connectivity index (χ0) is 23.5. The Labute approximate surface area is 190 Å². The summed E-state index contributed by atoms with van der Waals surface area (Å²) >= 11 is 0. The number of anilines is 1. The fraction of sp³-hybridized carbons (Fsp3) is 0.318. The van der Waals surface area contributed by atoms with E-state index in [0.29, 0.717) is 48.9 Å². The van der Waals surface area contributed by atoms with Crippen LogP contribution in [0.1, 0.15) is 12.1 Å². The van der Waals surface area contributed by atoms with Crippen LogP contribution in [0.5, 0.6) is 0 Å². The van der Waals surface area contributed by atoms with Crippen molar-refractivity contribution in [1.29, 1.82) is 5.41 Å². The van der Waals surface area contributed by atoms with Crippen LogP contribution in [0.2, 0.25) is 0 Å². The maximum absolute atomic E-state index is 14.8. The minimum Gasteiger partial charge on any atom is -0.447 e. The number of halogens is 1. The molecule has 172 valence electrons. The number of carbonyl (C=O) groups is 1. The molecule has 4 rings (SSSR count). The second kappa shape index (κ2) is 9.23. The van der Waals surface area contributed by atoms with Crippen LogP contribution >= 0.6 is 0 Å². The van der Waals surface area contributed by atoms with E-state index >= 15 is 0 Å². The molecule has 1 atom stereocenters. The lowest BCUT2D eigenvalue weighted by Gasteiger charge is -2.36. The highest BCUT2D eigenvalue weighted by atomic mass is 19.1. The Morgan fingerprint density at radius 1 is 1.39 bits per heavy atom. The largest absolute Gasteiger partial charge is 0.447 e. The van der Waals surface area contributed by atoms with E-state index in [4.69, 9.17) is 21.6 Å². The molecular weight excluding hydrogens is 427 g/mol. The first kappa shape index (κ1) is 22.2. The van der Waals surface area contributed by atoms with Gasteiger partial charge in [0, 0.05) is 74.0 Å². The number of nitrogens with two attached hydrogens (primary N) is 2. The first-order valence-corrected chi connectivity index (χ1v) is 10.4. The minimum absolute atomic E-state index is 0.0230. The van der Waals surface area contributed by atoms with Crippen molar-refractivity contribution < 1.29 is 13.9 Å². The summed E-state index contributed by atoms with van der Waals surface area (Å²) in [5, 5.41) is 8.76. The molecule has 33 heavy (non-hydrogen) atoms. The number of hydrogen-bond donors (Lipinski definition) is 3.